The molecule has 1 aromatic heterocycles. The molecule has 114 valence electrons. The summed E-state index contributed by atoms with van der Waals surface area (Å²) in [6, 6.07) is 0. The Balaban J connectivity index is 2.26. The molecule has 0 bridgehead atoms. The molecule has 0 fully saturated rings. The molecule has 20 heavy (non-hydrogen) atoms. The van der Waals surface area contributed by atoms with Crippen molar-refractivity contribution in [2.24, 2.45) is 0 Å². The SMILES string of the molecule is CCCNCCn1nnnc1SCC(=O)NCCOC. The topological polar surface area (TPSA) is 94.0 Å². The Hall–Kier alpha value is -1.19. The number of amides is 1. The summed E-state index contributed by atoms with van der Waals surface area (Å²) < 4.78 is 6.57. The average Bonchev–Trinajstić information content (AvgIpc) is 2.89. The van der Waals surface area contributed by atoms with Crippen molar-refractivity contribution in [1.29, 1.82) is 0 Å². The van der Waals surface area contributed by atoms with Crippen molar-refractivity contribution in [3.63, 3.8) is 0 Å². The summed E-state index contributed by atoms with van der Waals surface area (Å²) in [5.74, 6) is 0.248. The van der Waals surface area contributed by atoms with Crippen LogP contribution in [0.1, 0.15) is 13.3 Å². The first kappa shape index (κ1) is 16.9. The van der Waals surface area contributed by atoms with Crippen LogP contribution < -0.4 is 10.6 Å². The Morgan fingerprint density at radius 3 is 3.00 bits per heavy atom. The average molecular weight is 302 g/mol. The number of nitrogens with one attached hydrogen (secondary N) is 2. The van der Waals surface area contributed by atoms with E-state index in [0.29, 0.717) is 30.6 Å². The van der Waals surface area contributed by atoms with Gasteiger partial charge in [0.25, 0.3) is 0 Å². The third-order valence-electron chi connectivity index (χ3n) is 2.39. The second-order valence-electron chi connectivity index (χ2n) is 4.07. The summed E-state index contributed by atoms with van der Waals surface area (Å²) in [6.07, 6.45) is 1.10. The highest BCUT2D eigenvalue weighted by Crippen LogP contribution is 2.12. The van der Waals surface area contributed by atoms with Gasteiger partial charge in [0.15, 0.2) is 0 Å². The monoisotopic (exact) mass is 302 g/mol. The van der Waals surface area contributed by atoms with Crippen LogP contribution in [0.5, 0.6) is 0 Å². The first-order valence-corrected chi connectivity index (χ1v) is 7.61. The number of rotatable bonds is 11. The van der Waals surface area contributed by atoms with E-state index in [1.807, 2.05) is 0 Å². The molecule has 0 saturated carbocycles. The summed E-state index contributed by atoms with van der Waals surface area (Å²) in [5.41, 5.74) is 0. The number of nitrogens with zero attached hydrogens (tertiary/aromatic N) is 4. The van der Waals surface area contributed by atoms with Gasteiger partial charge in [0.2, 0.25) is 11.1 Å². The molecule has 1 aromatic rings. The molecule has 0 radical (unpaired) electrons. The second-order valence-corrected chi connectivity index (χ2v) is 5.01. The van der Waals surface area contributed by atoms with Crippen LogP contribution in [0.4, 0.5) is 0 Å². The maximum absolute atomic E-state index is 11.5. The summed E-state index contributed by atoms with van der Waals surface area (Å²) in [7, 11) is 1.60. The van der Waals surface area contributed by atoms with Crippen LogP contribution in [0, 0.1) is 0 Å². The first-order chi connectivity index (χ1) is 9.77. The van der Waals surface area contributed by atoms with Gasteiger partial charge in [0, 0.05) is 20.2 Å². The molecule has 0 aliphatic carbocycles. The lowest BCUT2D eigenvalue weighted by Crippen LogP contribution is -2.28. The number of hydrogen-bond donors (Lipinski definition) is 2. The second kappa shape index (κ2) is 10.6. The van der Waals surface area contributed by atoms with Gasteiger partial charge in [-0.25, -0.2) is 4.68 Å². The zero-order valence-corrected chi connectivity index (χ0v) is 12.8. The third-order valence-corrected chi connectivity index (χ3v) is 3.34. The summed E-state index contributed by atoms with van der Waals surface area (Å²) >= 11 is 1.33. The van der Waals surface area contributed by atoms with E-state index < -0.39 is 0 Å². The number of tetrazole rings is 1. The normalized spacial score (nSPS) is 10.7. The molecule has 0 saturated heterocycles. The van der Waals surface area contributed by atoms with Crippen LogP contribution in [-0.2, 0) is 16.1 Å². The fraction of sp³-hybridized carbons (Fsp3) is 0.818. The maximum atomic E-state index is 11.5. The van der Waals surface area contributed by atoms with E-state index in [-0.39, 0.29) is 5.91 Å². The van der Waals surface area contributed by atoms with Gasteiger partial charge in [-0.1, -0.05) is 18.7 Å². The van der Waals surface area contributed by atoms with E-state index in [9.17, 15) is 4.79 Å². The number of aromatic nitrogens is 4. The molecule has 8 nitrogen and oxygen atoms in total. The van der Waals surface area contributed by atoms with Gasteiger partial charge in [0.05, 0.1) is 18.9 Å². The van der Waals surface area contributed by atoms with Gasteiger partial charge < -0.3 is 15.4 Å². The minimum absolute atomic E-state index is 0.0503. The highest BCUT2D eigenvalue weighted by Gasteiger charge is 2.09. The number of carbonyl (C=O) groups excluding carboxylic acids is 1. The van der Waals surface area contributed by atoms with Crippen molar-refractivity contribution in [2.45, 2.75) is 25.0 Å². The molecule has 0 aromatic carbocycles. The number of hydrogen-bond acceptors (Lipinski definition) is 7. The largest absolute Gasteiger partial charge is 0.383 e. The third kappa shape index (κ3) is 6.83. The van der Waals surface area contributed by atoms with Gasteiger partial charge in [-0.05, 0) is 23.4 Å². The number of thioether (sulfide) groups is 1. The molecule has 0 unspecified atom stereocenters. The van der Waals surface area contributed by atoms with Crippen molar-refractivity contribution in [1.82, 2.24) is 30.8 Å². The predicted molar refractivity (Wildman–Crippen MR) is 76.6 cm³/mol. The number of ether oxygens (including phenoxy) is 1. The van der Waals surface area contributed by atoms with Crippen LogP contribution in [0.15, 0.2) is 5.16 Å². The lowest BCUT2D eigenvalue weighted by Gasteiger charge is -2.06. The Morgan fingerprint density at radius 1 is 1.40 bits per heavy atom. The van der Waals surface area contributed by atoms with Crippen molar-refractivity contribution in [2.75, 3.05) is 39.1 Å². The Labute approximate surface area is 123 Å². The molecule has 9 heteroatoms. The summed E-state index contributed by atoms with van der Waals surface area (Å²) in [5, 5.41) is 18.2. The van der Waals surface area contributed by atoms with Gasteiger partial charge >= 0.3 is 0 Å². The van der Waals surface area contributed by atoms with Crippen molar-refractivity contribution in [3.05, 3.63) is 0 Å². The highest BCUT2D eigenvalue weighted by atomic mass is 32.2. The lowest BCUT2D eigenvalue weighted by molar-refractivity contribution is -0.118. The quantitative estimate of drug-likeness (QED) is 0.421. The zero-order chi connectivity index (χ0) is 14.6. The molecule has 0 aliphatic rings. The molecule has 0 aliphatic heterocycles. The zero-order valence-electron chi connectivity index (χ0n) is 12.0. The molecule has 0 atom stereocenters. The van der Waals surface area contributed by atoms with Gasteiger partial charge in [-0.15, -0.1) is 5.10 Å². The minimum atomic E-state index is -0.0503. The van der Waals surface area contributed by atoms with Crippen LogP contribution >= 0.6 is 11.8 Å². The van der Waals surface area contributed by atoms with Crippen molar-refractivity contribution in [3.8, 4) is 0 Å². The fourth-order valence-corrected chi connectivity index (χ4v) is 2.13. The van der Waals surface area contributed by atoms with E-state index in [1.165, 1.54) is 11.8 Å². The van der Waals surface area contributed by atoms with Crippen molar-refractivity contribution < 1.29 is 9.53 Å². The van der Waals surface area contributed by atoms with Crippen LogP contribution in [-0.4, -0.2) is 65.2 Å². The van der Waals surface area contributed by atoms with Crippen LogP contribution in [0.25, 0.3) is 0 Å². The van der Waals surface area contributed by atoms with Gasteiger partial charge in [-0.2, -0.15) is 0 Å². The molecule has 1 amide bonds. The highest BCUT2D eigenvalue weighted by molar-refractivity contribution is 7.99. The van der Waals surface area contributed by atoms with Gasteiger partial charge in [-0.3, -0.25) is 4.79 Å². The van der Waals surface area contributed by atoms with Crippen LogP contribution in [0.3, 0.4) is 0 Å². The van der Waals surface area contributed by atoms with E-state index in [0.717, 1.165) is 19.5 Å². The lowest BCUT2D eigenvalue weighted by atomic mass is 10.5. The molecule has 0 spiro atoms. The van der Waals surface area contributed by atoms with E-state index in [1.54, 1.807) is 11.8 Å². The number of carbonyl (C=O) groups is 1. The van der Waals surface area contributed by atoms with Crippen molar-refractivity contribution >= 4 is 17.7 Å². The predicted octanol–water partition coefficient (Wildman–Crippen LogP) is -0.473. The molecule has 1 rings (SSSR count). The van der Waals surface area contributed by atoms with E-state index >= 15 is 0 Å². The van der Waals surface area contributed by atoms with Crippen LogP contribution in [0.2, 0.25) is 0 Å². The van der Waals surface area contributed by atoms with E-state index in [2.05, 4.69) is 33.1 Å². The molecule has 1 heterocycles. The Kier molecular flexibility index (Phi) is 8.92. The first-order valence-electron chi connectivity index (χ1n) is 6.63. The van der Waals surface area contributed by atoms with Gasteiger partial charge in [0.1, 0.15) is 0 Å². The maximum Gasteiger partial charge on any atom is 0.230 e. The van der Waals surface area contributed by atoms with E-state index in [4.69, 9.17) is 4.74 Å². The Morgan fingerprint density at radius 2 is 2.25 bits per heavy atom. The molecular formula is C11H22N6O2S. The summed E-state index contributed by atoms with van der Waals surface area (Å²) in [6.45, 7) is 5.63. The molecular weight excluding hydrogens is 280 g/mol. The minimum Gasteiger partial charge on any atom is -0.383 e. The Bertz CT molecular complexity index is 387. The fourth-order valence-electron chi connectivity index (χ4n) is 1.40. The number of methoxy groups -OCH3 is 1. The summed E-state index contributed by atoms with van der Waals surface area (Å²) in [4.78, 5) is 11.5. The molecule has 2 N–H and O–H groups in total. The smallest absolute Gasteiger partial charge is 0.230 e. The standard InChI is InChI=1S/C11H22N6O2S/c1-3-4-12-5-7-17-11(14-15-16-17)20-9-10(18)13-6-8-19-2/h12H,3-9H2,1-2H3,(H,13,18).